The summed E-state index contributed by atoms with van der Waals surface area (Å²) in [6.07, 6.45) is 0.972. The second-order valence-electron chi connectivity index (χ2n) is 6.74. The summed E-state index contributed by atoms with van der Waals surface area (Å²) >= 11 is 6.22. The Morgan fingerprint density at radius 2 is 1.93 bits per heavy atom. The number of hydrogen-bond donors (Lipinski definition) is 2. The van der Waals surface area contributed by atoms with E-state index in [-0.39, 0.29) is 30.3 Å². The van der Waals surface area contributed by atoms with Gasteiger partial charge in [-0.1, -0.05) is 41.9 Å². The maximum Gasteiger partial charge on any atom is 0.222 e. The normalized spacial score (nSPS) is 14.6. The molecule has 1 heterocycles. The third-order valence-electron chi connectivity index (χ3n) is 4.59. The van der Waals surface area contributed by atoms with Crippen molar-refractivity contribution in [3.8, 4) is 5.75 Å². The van der Waals surface area contributed by atoms with Crippen LogP contribution in [0.15, 0.2) is 42.5 Å². The zero-order chi connectivity index (χ0) is 19.4. The molecule has 2 aromatic carbocycles. The van der Waals surface area contributed by atoms with Crippen LogP contribution in [0.25, 0.3) is 0 Å². The minimum Gasteiger partial charge on any atom is -0.493 e. The standard InChI is InChI=1S/C21H23ClN2O3/c1-13(18-11-17(22)10-16-8-9-27-21(16)18)23-20(26)12-19(24-14(2)25)15-6-4-3-5-7-15/h3-7,10-11,13,19H,8-9,12H2,1-2H3,(H,23,26)(H,24,25). The Bertz CT molecular complexity index is 839. The Hall–Kier alpha value is -2.53. The fourth-order valence-corrected chi connectivity index (χ4v) is 3.62. The zero-order valence-corrected chi connectivity index (χ0v) is 16.2. The number of ether oxygens (including phenoxy) is 1. The highest BCUT2D eigenvalue weighted by Crippen LogP contribution is 2.36. The van der Waals surface area contributed by atoms with E-state index in [0.29, 0.717) is 11.6 Å². The van der Waals surface area contributed by atoms with E-state index in [4.69, 9.17) is 16.3 Å². The second-order valence-corrected chi connectivity index (χ2v) is 7.18. The fourth-order valence-electron chi connectivity index (χ4n) is 3.37. The van der Waals surface area contributed by atoms with Crippen molar-refractivity contribution in [3.05, 3.63) is 64.2 Å². The molecule has 1 aliphatic rings. The first-order valence-corrected chi connectivity index (χ1v) is 9.38. The van der Waals surface area contributed by atoms with E-state index in [1.165, 1.54) is 6.92 Å². The Balaban J connectivity index is 1.72. The van der Waals surface area contributed by atoms with Crippen LogP contribution in [0.2, 0.25) is 5.02 Å². The topological polar surface area (TPSA) is 67.4 Å². The van der Waals surface area contributed by atoms with Gasteiger partial charge in [0.15, 0.2) is 0 Å². The van der Waals surface area contributed by atoms with Crippen molar-refractivity contribution in [2.24, 2.45) is 0 Å². The van der Waals surface area contributed by atoms with E-state index in [0.717, 1.165) is 28.9 Å². The minimum absolute atomic E-state index is 0.150. The Morgan fingerprint density at radius 1 is 1.19 bits per heavy atom. The highest BCUT2D eigenvalue weighted by atomic mass is 35.5. The predicted molar refractivity (Wildman–Crippen MR) is 105 cm³/mol. The van der Waals surface area contributed by atoms with E-state index in [9.17, 15) is 9.59 Å². The molecule has 2 N–H and O–H groups in total. The van der Waals surface area contributed by atoms with Crippen LogP contribution in [-0.2, 0) is 16.0 Å². The molecule has 3 rings (SSSR count). The molecule has 0 aromatic heterocycles. The molecular formula is C21H23ClN2O3. The number of carbonyl (C=O) groups is 2. The molecule has 0 bridgehead atoms. The molecule has 0 fully saturated rings. The van der Waals surface area contributed by atoms with Gasteiger partial charge in [0.2, 0.25) is 11.8 Å². The Morgan fingerprint density at radius 3 is 2.63 bits per heavy atom. The van der Waals surface area contributed by atoms with Gasteiger partial charge in [-0.3, -0.25) is 9.59 Å². The van der Waals surface area contributed by atoms with Gasteiger partial charge in [-0.15, -0.1) is 0 Å². The molecule has 0 saturated carbocycles. The molecule has 5 nitrogen and oxygen atoms in total. The van der Waals surface area contributed by atoms with E-state index >= 15 is 0 Å². The molecule has 2 amide bonds. The van der Waals surface area contributed by atoms with Gasteiger partial charge in [0, 0.05) is 23.9 Å². The van der Waals surface area contributed by atoms with E-state index in [1.807, 2.05) is 49.4 Å². The number of hydrogen-bond acceptors (Lipinski definition) is 3. The summed E-state index contributed by atoms with van der Waals surface area (Å²) in [5, 5.41) is 6.48. The van der Waals surface area contributed by atoms with Crippen LogP contribution in [0.3, 0.4) is 0 Å². The summed E-state index contributed by atoms with van der Waals surface area (Å²) in [5.74, 6) is 0.483. The molecular weight excluding hydrogens is 364 g/mol. The number of fused-ring (bicyclic) bond motifs is 1. The van der Waals surface area contributed by atoms with Gasteiger partial charge in [0.25, 0.3) is 0 Å². The fraction of sp³-hybridized carbons (Fsp3) is 0.333. The van der Waals surface area contributed by atoms with Gasteiger partial charge in [0.05, 0.1) is 25.1 Å². The zero-order valence-electron chi connectivity index (χ0n) is 15.4. The number of halogens is 1. The lowest BCUT2D eigenvalue weighted by Gasteiger charge is -2.21. The number of carbonyl (C=O) groups excluding carboxylic acids is 2. The SMILES string of the molecule is CC(=O)NC(CC(=O)NC(C)c1cc(Cl)cc2c1OCC2)c1ccccc1. The average Bonchev–Trinajstić information content (AvgIpc) is 3.09. The maximum absolute atomic E-state index is 12.6. The molecule has 0 spiro atoms. The van der Waals surface area contributed by atoms with Crippen molar-refractivity contribution < 1.29 is 14.3 Å². The predicted octanol–water partition coefficient (Wildman–Crippen LogP) is 3.72. The lowest BCUT2D eigenvalue weighted by Crippen LogP contribution is -2.33. The highest BCUT2D eigenvalue weighted by Gasteiger charge is 2.23. The molecule has 6 heteroatoms. The third-order valence-corrected chi connectivity index (χ3v) is 4.81. The van der Waals surface area contributed by atoms with Crippen LogP contribution in [0, 0.1) is 0 Å². The van der Waals surface area contributed by atoms with Crippen LogP contribution in [-0.4, -0.2) is 18.4 Å². The molecule has 0 saturated heterocycles. The van der Waals surface area contributed by atoms with Gasteiger partial charge in [-0.05, 0) is 30.2 Å². The summed E-state index contributed by atoms with van der Waals surface area (Å²) in [6, 6.07) is 12.6. The first-order valence-electron chi connectivity index (χ1n) is 9.00. The van der Waals surface area contributed by atoms with Gasteiger partial charge >= 0.3 is 0 Å². The molecule has 1 aliphatic heterocycles. The molecule has 0 aliphatic carbocycles. The minimum atomic E-state index is -0.378. The Kier molecular flexibility index (Phi) is 6.01. The van der Waals surface area contributed by atoms with E-state index in [1.54, 1.807) is 0 Å². The number of nitrogens with one attached hydrogen (secondary N) is 2. The van der Waals surface area contributed by atoms with Crippen LogP contribution < -0.4 is 15.4 Å². The lowest BCUT2D eigenvalue weighted by molar-refractivity contribution is -0.123. The maximum atomic E-state index is 12.6. The Labute approximate surface area is 164 Å². The van der Waals surface area contributed by atoms with Crippen molar-refractivity contribution in [1.29, 1.82) is 0 Å². The third kappa shape index (κ3) is 4.80. The summed E-state index contributed by atoms with van der Waals surface area (Å²) in [7, 11) is 0. The van der Waals surface area contributed by atoms with Crippen molar-refractivity contribution in [2.75, 3.05) is 6.61 Å². The van der Waals surface area contributed by atoms with E-state index in [2.05, 4.69) is 10.6 Å². The number of benzene rings is 2. The largest absolute Gasteiger partial charge is 0.493 e. The molecule has 2 aromatic rings. The molecule has 27 heavy (non-hydrogen) atoms. The monoisotopic (exact) mass is 386 g/mol. The van der Waals surface area contributed by atoms with Gasteiger partial charge in [-0.25, -0.2) is 0 Å². The smallest absolute Gasteiger partial charge is 0.222 e. The average molecular weight is 387 g/mol. The lowest BCUT2D eigenvalue weighted by atomic mass is 10.0. The summed E-state index contributed by atoms with van der Waals surface area (Å²) in [6.45, 7) is 3.98. The molecule has 2 atom stereocenters. The second kappa shape index (κ2) is 8.44. The van der Waals surface area contributed by atoms with Crippen molar-refractivity contribution in [2.45, 2.75) is 38.8 Å². The quantitative estimate of drug-likeness (QED) is 0.795. The molecule has 2 unspecified atom stereocenters. The number of amides is 2. The van der Waals surface area contributed by atoms with Crippen LogP contribution in [0.5, 0.6) is 5.75 Å². The van der Waals surface area contributed by atoms with Crippen LogP contribution >= 0.6 is 11.6 Å². The van der Waals surface area contributed by atoms with Crippen molar-refractivity contribution in [3.63, 3.8) is 0 Å². The first-order chi connectivity index (χ1) is 12.9. The molecule has 142 valence electrons. The molecule has 0 radical (unpaired) electrons. The summed E-state index contributed by atoms with van der Waals surface area (Å²) < 4.78 is 5.72. The van der Waals surface area contributed by atoms with Gasteiger partial charge in [-0.2, -0.15) is 0 Å². The van der Waals surface area contributed by atoms with Crippen molar-refractivity contribution in [1.82, 2.24) is 10.6 Å². The van der Waals surface area contributed by atoms with E-state index < -0.39 is 0 Å². The highest BCUT2D eigenvalue weighted by molar-refractivity contribution is 6.30. The number of rotatable bonds is 6. The summed E-state index contributed by atoms with van der Waals surface area (Å²) in [4.78, 5) is 24.2. The summed E-state index contributed by atoms with van der Waals surface area (Å²) in [5.41, 5.74) is 2.83. The van der Waals surface area contributed by atoms with Gasteiger partial charge < -0.3 is 15.4 Å². The van der Waals surface area contributed by atoms with Crippen molar-refractivity contribution >= 4 is 23.4 Å². The van der Waals surface area contributed by atoms with Crippen LogP contribution in [0.1, 0.15) is 49.0 Å². The first kappa shape index (κ1) is 19.2. The van der Waals surface area contributed by atoms with Crippen LogP contribution in [0.4, 0.5) is 0 Å². The van der Waals surface area contributed by atoms with Gasteiger partial charge in [0.1, 0.15) is 5.75 Å².